The van der Waals surface area contributed by atoms with Gasteiger partial charge in [-0.1, -0.05) is 89.0 Å². The molecule has 0 radical (unpaired) electrons. The van der Waals surface area contributed by atoms with E-state index in [1.54, 1.807) is 0 Å². The number of aliphatic hydroxyl groups is 1. The Morgan fingerprint density at radius 2 is 1.44 bits per heavy atom. The zero-order chi connectivity index (χ0) is 23.9. The van der Waals surface area contributed by atoms with Gasteiger partial charge in [0.1, 0.15) is 0 Å². The van der Waals surface area contributed by atoms with Crippen LogP contribution in [0.5, 0.6) is 0 Å². The summed E-state index contributed by atoms with van der Waals surface area (Å²) in [6, 6.07) is 0. The molecule has 0 aromatic heterocycles. The molecule has 2 atom stereocenters. The Morgan fingerprint density at radius 3 is 2.12 bits per heavy atom. The van der Waals surface area contributed by atoms with E-state index in [4.69, 9.17) is 5.11 Å². The maximum Gasteiger partial charge on any atom is 0.303 e. The van der Waals surface area contributed by atoms with Gasteiger partial charge in [0.25, 0.3) is 0 Å². The van der Waals surface area contributed by atoms with Crippen LogP contribution in [0.15, 0.2) is 48.8 Å². The quantitative estimate of drug-likeness (QED) is 0.0563. The van der Waals surface area contributed by atoms with Gasteiger partial charge in [0.05, 0.1) is 5.76 Å². The fourth-order valence-corrected chi connectivity index (χ4v) is 4.07. The first-order valence-corrected chi connectivity index (χ1v) is 13.1. The first-order valence-electron chi connectivity index (χ1n) is 13.1. The third-order valence-electron chi connectivity index (χ3n) is 6.00. The lowest BCUT2D eigenvalue weighted by molar-refractivity contribution is -0.137. The monoisotopic (exact) mass is 454 g/mol. The van der Waals surface area contributed by atoms with E-state index in [1.807, 2.05) is 0 Å². The Morgan fingerprint density at radius 1 is 0.750 bits per heavy atom. The van der Waals surface area contributed by atoms with Crippen molar-refractivity contribution in [2.24, 2.45) is 11.8 Å². The Kier molecular flexibility index (Phi) is 21.2. The fourth-order valence-electron chi connectivity index (χ4n) is 4.07. The second-order valence-corrected chi connectivity index (χ2v) is 9.02. The SMILES string of the molecule is C=[13C](O)C[13CH2]C/[13CH]=[13CH]/[13CH2]CC(C[13CH2]C[13CH2][13CH3])C(/C=C/C=C\CCCCC)CCCC(=O)O. The molecule has 0 aliphatic heterocycles. The molecule has 2 unspecified atom stereocenters. The van der Waals surface area contributed by atoms with Crippen molar-refractivity contribution in [2.45, 2.75) is 117 Å². The maximum absolute atomic E-state index is 11.0. The zero-order valence-corrected chi connectivity index (χ0v) is 20.9. The van der Waals surface area contributed by atoms with Gasteiger partial charge in [-0.3, -0.25) is 4.79 Å². The van der Waals surface area contributed by atoms with Crippen molar-refractivity contribution in [3.63, 3.8) is 0 Å². The topological polar surface area (TPSA) is 57.5 Å². The van der Waals surface area contributed by atoms with Gasteiger partial charge < -0.3 is 10.2 Å². The van der Waals surface area contributed by atoms with E-state index in [0.29, 0.717) is 18.3 Å². The third-order valence-corrected chi connectivity index (χ3v) is 6.00. The summed E-state index contributed by atoms with van der Waals surface area (Å²) < 4.78 is 0. The summed E-state index contributed by atoms with van der Waals surface area (Å²) in [5.74, 6) is 0.615. The molecule has 3 heteroatoms. The lowest BCUT2D eigenvalue weighted by Crippen LogP contribution is -2.14. The summed E-state index contributed by atoms with van der Waals surface area (Å²) in [6.45, 7) is 8.01. The number of aliphatic hydroxyl groups excluding tert-OH is 1. The number of rotatable bonds is 22. The van der Waals surface area contributed by atoms with Crippen molar-refractivity contribution < 1.29 is 15.0 Å². The van der Waals surface area contributed by atoms with E-state index in [2.05, 4.69) is 56.9 Å². The lowest BCUT2D eigenvalue weighted by Gasteiger charge is -2.25. The zero-order valence-electron chi connectivity index (χ0n) is 20.9. The molecule has 184 valence electrons. The molecule has 0 aliphatic carbocycles. The molecule has 0 saturated heterocycles. The minimum Gasteiger partial charge on any atom is -0.513 e. The molecule has 0 spiro atoms. The van der Waals surface area contributed by atoms with Crippen molar-refractivity contribution >= 4 is 5.97 Å². The Hall–Kier alpha value is -1.77. The molecule has 3 nitrogen and oxygen atoms in total. The van der Waals surface area contributed by atoms with Gasteiger partial charge in [-0.15, -0.1) is 0 Å². The summed E-state index contributed by atoms with van der Waals surface area (Å²) in [6.07, 6.45) is 30.1. The van der Waals surface area contributed by atoms with E-state index in [9.17, 15) is 9.90 Å². The number of hydrogen-bond donors (Lipinski definition) is 2. The molecule has 0 aliphatic rings. The highest BCUT2D eigenvalue weighted by atomic mass is 16.4. The molecular weight excluding hydrogens is 404 g/mol. The number of allylic oxidation sites excluding steroid dienone is 7. The fraction of sp³-hybridized carbons (Fsp3) is 0.690. The number of unbranched alkanes of at least 4 members (excludes halogenated alkanes) is 6. The molecule has 0 saturated carbocycles. The molecule has 0 bridgehead atoms. The van der Waals surface area contributed by atoms with E-state index < -0.39 is 5.97 Å². The molecule has 0 aromatic carbocycles. The van der Waals surface area contributed by atoms with Crippen LogP contribution in [0.25, 0.3) is 0 Å². The first-order chi connectivity index (χ1) is 15.5. The summed E-state index contributed by atoms with van der Waals surface area (Å²) in [5, 5.41) is 18.2. The van der Waals surface area contributed by atoms with Crippen molar-refractivity contribution in [1.82, 2.24) is 0 Å². The van der Waals surface area contributed by atoms with Crippen molar-refractivity contribution in [3.05, 3.63) is 48.8 Å². The smallest absolute Gasteiger partial charge is 0.303 e. The predicted octanol–water partition coefficient (Wildman–Crippen LogP) is 9.33. The van der Waals surface area contributed by atoms with E-state index in [-0.39, 0.29) is 12.2 Å². The predicted molar refractivity (Wildman–Crippen MR) is 139 cm³/mol. The van der Waals surface area contributed by atoms with Crippen molar-refractivity contribution in [1.29, 1.82) is 0 Å². The van der Waals surface area contributed by atoms with Crippen LogP contribution in [0.1, 0.15) is 117 Å². The molecular formula is C29H50O3. The highest BCUT2D eigenvalue weighted by Crippen LogP contribution is 2.30. The number of carbonyl (C=O) groups is 1. The van der Waals surface area contributed by atoms with Gasteiger partial charge in [-0.2, -0.15) is 0 Å². The molecule has 32 heavy (non-hydrogen) atoms. The van der Waals surface area contributed by atoms with E-state index >= 15 is 0 Å². The Labute approximate surface area is 198 Å². The summed E-state index contributed by atoms with van der Waals surface area (Å²) in [4.78, 5) is 11.0. The van der Waals surface area contributed by atoms with E-state index in [1.165, 1.54) is 44.9 Å². The number of carboxylic acids is 1. The molecule has 0 aromatic rings. The van der Waals surface area contributed by atoms with Gasteiger partial charge in [0.2, 0.25) is 0 Å². The largest absolute Gasteiger partial charge is 0.513 e. The standard InChI is InChI=1S/C29H50O3/c1-4-6-8-9-10-13-17-23-28(24-19-25-29(31)32)27(21-15-7-5-2)22-18-14-11-12-16-20-26(3)30/h10-11,13-14,17,23,27-28,30H,3-9,12,15-16,18-22,24-25H2,1-2H3,(H,31,32)/b13-10-,14-11+,23-17+/i2+1,5+1,11+1,14+1,15+1,16+1,18+1,26+1. The van der Waals surface area contributed by atoms with Crippen LogP contribution >= 0.6 is 0 Å². The summed E-state index contributed by atoms with van der Waals surface area (Å²) >= 11 is 0. The second-order valence-electron chi connectivity index (χ2n) is 9.02. The molecule has 0 amide bonds. The Bertz CT molecular complexity index is 545. The van der Waals surface area contributed by atoms with Crippen LogP contribution in [-0.4, -0.2) is 16.2 Å². The minimum atomic E-state index is -0.695. The normalized spacial score (nSPS) is 13.9. The van der Waals surface area contributed by atoms with Crippen molar-refractivity contribution in [3.8, 4) is 0 Å². The highest BCUT2D eigenvalue weighted by molar-refractivity contribution is 5.66. The number of hydrogen-bond acceptors (Lipinski definition) is 2. The van der Waals surface area contributed by atoms with Gasteiger partial charge in [0, 0.05) is 12.8 Å². The molecule has 0 fully saturated rings. The summed E-state index contributed by atoms with van der Waals surface area (Å²) in [7, 11) is 0. The lowest BCUT2D eigenvalue weighted by atomic mass is 9.85. The third kappa shape index (κ3) is 20.2. The van der Waals surface area contributed by atoms with Crippen LogP contribution in [0, 0.1) is 11.8 Å². The molecule has 2 N–H and O–H groups in total. The second kappa shape index (κ2) is 22.4. The number of aliphatic carboxylic acids is 1. The van der Waals surface area contributed by atoms with Crippen LogP contribution < -0.4 is 0 Å². The van der Waals surface area contributed by atoms with Crippen LogP contribution in [0.2, 0.25) is 0 Å². The van der Waals surface area contributed by atoms with Crippen LogP contribution in [0.3, 0.4) is 0 Å². The van der Waals surface area contributed by atoms with Crippen LogP contribution in [0.4, 0.5) is 0 Å². The van der Waals surface area contributed by atoms with Crippen molar-refractivity contribution in [2.75, 3.05) is 0 Å². The average Bonchev–Trinajstić information content (AvgIpc) is 2.75. The van der Waals surface area contributed by atoms with Gasteiger partial charge in [-0.05, 0) is 69.6 Å². The minimum absolute atomic E-state index is 0.259. The summed E-state index contributed by atoms with van der Waals surface area (Å²) in [5.41, 5.74) is 0. The van der Waals surface area contributed by atoms with Gasteiger partial charge in [0.15, 0.2) is 0 Å². The highest BCUT2D eigenvalue weighted by Gasteiger charge is 2.18. The number of carboxylic acid groups (broad SMARTS) is 1. The first kappa shape index (κ1) is 30.2. The Balaban J connectivity index is 4.89. The van der Waals surface area contributed by atoms with Crippen LogP contribution in [-0.2, 0) is 4.79 Å². The maximum atomic E-state index is 11.0. The molecule has 0 heterocycles. The van der Waals surface area contributed by atoms with Gasteiger partial charge in [-0.25, -0.2) is 0 Å². The van der Waals surface area contributed by atoms with Gasteiger partial charge >= 0.3 is 5.97 Å². The molecule has 0 rings (SSSR count). The van der Waals surface area contributed by atoms with E-state index in [0.717, 1.165) is 44.9 Å². The average molecular weight is 455 g/mol.